The zero-order chi connectivity index (χ0) is 19.8. The lowest BCUT2D eigenvalue weighted by molar-refractivity contribution is -0.0376. The summed E-state index contributed by atoms with van der Waals surface area (Å²) in [6.45, 7) is 5.33. The van der Waals surface area contributed by atoms with Crippen molar-refractivity contribution in [3.63, 3.8) is 0 Å². The molecule has 0 unspecified atom stereocenters. The first-order chi connectivity index (χ1) is 13.7. The summed E-state index contributed by atoms with van der Waals surface area (Å²) in [6, 6.07) is 20.3. The predicted molar refractivity (Wildman–Crippen MR) is 111 cm³/mol. The van der Waals surface area contributed by atoms with Gasteiger partial charge in [0.05, 0.1) is 12.2 Å². The third-order valence-corrected chi connectivity index (χ3v) is 5.52. The Kier molecular flexibility index (Phi) is 8.01. The summed E-state index contributed by atoms with van der Waals surface area (Å²) in [7, 11) is 3.44. The summed E-state index contributed by atoms with van der Waals surface area (Å²) in [5, 5.41) is 10.7. The van der Waals surface area contributed by atoms with Crippen LogP contribution >= 0.6 is 0 Å². The summed E-state index contributed by atoms with van der Waals surface area (Å²) in [6.07, 6.45) is -0.750. The zero-order valence-electron chi connectivity index (χ0n) is 16.9. The molecule has 28 heavy (non-hydrogen) atoms. The Morgan fingerprint density at radius 1 is 0.750 bits per heavy atom. The zero-order valence-corrected chi connectivity index (χ0v) is 16.9. The number of hydrogen-bond acceptors (Lipinski definition) is 5. The topological polar surface area (TPSA) is 45.2 Å². The Morgan fingerprint density at radius 3 is 1.75 bits per heavy atom. The van der Waals surface area contributed by atoms with Gasteiger partial charge in [0.25, 0.3) is 0 Å². The lowest BCUT2D eigenvalue weighted by Crippen LogP contribution is -2.50. The second-order valence-electron chi connectivity index (χ2n) is 7.37. The Bertz CT molecular complexity index is 675. The van der Waals surface area contributed by atoms with Gasteiger partial charge in [0.2, 0.25) is 0 Å². The first kappa shape index (κ1) is 21.0. The maximum atomic E-state index is 10.7. The standard InChI is InChI=1S/C23H32N2O3/c1-27-22(19-9-5-3-6-10-19)18-25-15-13-24(14-16-25)17-21(26)23(28-2)20-11-7-4-8-12-20/h3-12,21-23,26H,13-18H2,1-2H3/t21-,22+,23-/m0/s1. The van der Waals surface area contributed by atoms with Crippen LogP contribution < -0.4 is 0 Å². The van der Waals surface area contributed by atoms with Crippen LogP contribution in [0.15, 0.2) is 60.7 Å². The minimum atomic E-state index is -0.546. The molecule has 1 saturated heterocycles. The van der Waals surface area contributed by atoms with Crippen LogP contribution in [0, 0.1) is 0 Å². The SMILES string of the molecule is CO[C@H](CN1CCN(C[C@H](O)[C@@H](OC)c2ccccc2)CC1)c1ccccc1. The molecule has 0 aromatic heterocycles. The Labute approximate surface area is 168 Å². The van der Waals surface area contributed by atoms with Crippen molar-refractivity contribution >= 4 is 0 Å². The number of aliphatic hydroxyl groups excluding tert-OH is 1. The molecule has 1 heterocycles. The number of methoxy groups -OCH3 is 2. The monoisotopic (exact) mass is 384 g/mol. The van der Waals surface area contributed by atoms with E-state index in [9.17, 15) is 5.11 Å². The van der Waals surface area contributed by atoms with E-state index in [1.165, 1.54) is 5.56 Å². The van der Waals surface area contributed by atoms with Crippen molar-refractivity contribution in [1.29, 1.82) is 0 Å². The summed E-state index contributed by atoms with van der Waals surface area (Å²) in [5.41, 5.74) is 2.23. The van der Waals surface area contributed by atoms with Crippen LogP contribution in [0.1, 0.15) is 23.3 Å². The van der Waals surface area contributed by atoms with E-state index in [0.29, 0.717) is 6.54 Å². The molecule has 0 bridgehead atoms. The van der Waals surface area contributed by atoms with Crippen LogP contribution in [0.4, 0.5) is 0 Å². The molecular formula is C23H32N2O3. The fraction of sp³-hybridized carbons (Fsp3) is 0.478. The van der Waals surface area contributed by atoms with Crippen molar-refractivity contribution in [2.75, 3.05) is 53.5 Å². The number of aliphatic hydroxyl groups is 1. The number of β-amino-alcohol motifs (C(OH)–C–C–N with tert-alkyl or cyclic N) is 1. The van der Waals surface area contributed by atoms with Gasteiger partial charge < -0.3 is 14.6 Å². The van der Waals surface area contributed by atoms with Gasteiger partial charge in [-0.3, -0.25) is 9.80 Å². The highest BCUT2D eigenvalue weighted by molar-refractivity contribution is 5.19. The van der Waals surface area contributed by atoms with Gasteiger partial charge >= 0.3 is 0 Å². The highest BCUT2D eigenvalue weighted by Crippen LogP contribution is 2.22. The Morgan fingerprint density at radius 2 is 1.25 bits per heavy atom. The molecule has 0 saturated carbocycles. The molecule has 2 aromatic carbocycles. The normalized spacial score (nSPS) is 19.2. The van der Waals surface area contributed by atoms with Gasteiger partial charge in [0.15, 0.2) is 0 Å². The molecule has 0 spiro atoms. The third-order valence-electron chi connectivity index (χ3n) is 5.52. The van der Waals surface area contributed by atoms with Crippen molar-refractivity contribution in [2.24, 2.45) is 0 Å². The van der Waals surface area contributed by atoms with E-state index in [2.05, 4.69) is 34.1 Å². The van der Waals surface area contributed by atoms with E-state index in [1.54, 1.807) is 14.2 Å². The largest absolute Gasteiger partial charge is 0.389 e. The van der Waals surface area contributed by atoms with E-state index < -0.39 is 6.10 Å². The van der Waals surface area contributed by atoms with Crippen LogP contribution in [-0.4, -0.2) is 74.5 Å². The van der Waals surface area contributed by atoms with Gasteiger partial charge in [-0.25, -0.2) is 0 Å². The van der Waals surface area contributed by atoms with Crippen LogP contribution in [0.25, 0.3) is 0 Å². The van der Waals surface area contributed by atoms with Crippen molar-refractivity contribution in [3.05, 3.63) is 71.8 Å². The molecule has 0 aliphatic carbocycles. The van der Waals surface area contributed by atoms with Crippen molar-refractivity contribution < 1.29 is 14.6 Å². The third kappa shape index (κ3) is 5.63. The molecule has 1 fully saturated rings. The van der Waals surface area contributed by atoms with E-state index in [4.69, 9.17) is 9.47 Å². The number of ether oxygens (including phenoxy) is 2. The van der Waals surface area contributed by atoms with Crippen molar-refractivity contribution in [2.45, 2.75) is 18.3 Å². The minimum Gasteiger partial charge on any atom is -0.389 e. The second kappa shape index (κ2) is 10.7. The molecule has 0 radical (unpaired) electrons. The summed E-state index contributed by atoms with van der Waals surface area (Å²) in [4.78, 5) is 4.76. The van der Waals surface area contributed by atoms with Gasteiger partial charge in [0.1, 0.15) is 6.10 Å². The first-order valence-electron chi connectivity index (χ1n) is 9.99. The van der Waals surface area contributed by atoms with E-state index in [1.807, 2.05) is 36.4 Å². The van der Waals surface area contributed by atoms with Crippen LogP contribution in [-0.2, 0) is 9.47 Å². The molecule has 1 aliphatic heterocycles. The van der Waals surface area contributed by atoms with Gasteiger partial charge in [-0.2, -0.15) is 0 Å². The molecule has 2 aromatic rings. The number of piperazine rings is 1. The van der Waals surface area contributed by atoms with Crippen molar-refractivity contribution in [1.82, 2.24) is 9.80 Å². The van der Waals surface area contributed by atoms with Gasteiger partial charge in [0, 0.05) is 53.5 Å². The summed E-state index contributed by atoms with van der Waals surface area (Å²) >= 11 is 0. The fourth-order valence-corrected chi connectivity index (χ4v) is 3.89. The molecule has 3 rings (SSSR count). The molecule has 3 atom stereocenters. The number of rotatable bonds is 9. The van der Waals surface area contributed by atoms with E-state index in [-0.39, 0.29) is 12.2 Å². The van der Waals surface area contributed by atoms with E-state index >= 15 is 0 Å². The lowest BCUT2D eigenvalue weighted by Gasteiger charge is -2.37. The smallest absolute Gasteiger partial charge is 0.109 e. The van der Waals surface area contributed by atoms with Gasteiger partial charge in [-0.1, -0.05) is 60.7 Å². The van der Waals surface area contributed by atoms with Gasteiger partial charge in [-0.15, -0.1) is 0 Å². The van der Waals surface area contributed by atoms with Crippen LogP contribution in [0.5, 0.6) is 0 Å². The average molecular weight is 385 g/mol. The fourth-order valence-electron chi connectivity index (χ4n) is 3.89. The molecule has 0 amide bonds. The average Bonchev–Trinajstić information content (AvgIpc) is 2.75. The first-order valence-corrected chi connectivity index (χ1v) is 9.99. The van der Waals surface area contributed by atoms with E-state index in [0.717, 1.165) is 38.3 Å². The van der Waals surface area contributed by atoms with Crippen molar-refractivity contribution in [3.8, 4) is 0 Å². The molecule has 5 nitrogen and oxygen atoms in total. The highest BCUT2D eigenvalue weighted by Gasteiger charge is 2.26. The molecular weight excluding hydrogens is 352 g/mol. The second-order valence-corrected chi connectivity index (χ2v) is 7.37. The quantitative estimate of drug-likeness (QED) is 0.720. The molecule has 1 aliphatic rings. The summed E-state index contributed by atoms with van der Waals surface area (Å²) in [5.74, 6) is 0. The lowest BCUT2D eigenvalue weighted by atomic mass is 10.0. The maximum absolute atomic E-state index is 10.7. The Balaban J connectivity index is 1.48. The molecule has 5 heteroatoms. The predicted octanol–water partition coefficient (Wildman–Crippen LogP) is 2.74. The summed E-state index contributed by atoms with van der Waals surface area (Å²) < 4.78 is 11.3. The Hall–Kier alpha value is -1.76. The maximum Gasteiger partial charge on any atom is 0.109 e. The number of hydrogen-bond donors (Lipinski definition) is 1. The highest BCUT2D eigenvalue weighted by atomic mass is 16.5. The number of nitrogens with zero attached hydrogens (tertiary/aromatic N) is 2. The van der Waals surface area contributed by atoms with Gasteiger partial charge in [-0.05, 0) is 11.1 Å². The molecule has 152 valence electrons. The van der Waals surface area contributed by atoms with Crippen LogP contribution in [0.3, 0.4) is 0 Å². The van der Waals surface area contributed by atoms with Crippen LogP contribution in [0.2, 0.25) is 0 Å². The number of benzene rings is 2. The molecule has 1 N–H and O–H groups in total. The minimum absolute atomic E-state index is 0.0919.